The van der Waals surface area contributed by atoms with Gasteiger partial charge in [-0.3, -0.25) is 4.79 Å². The average Bonchev–Trinajstić information content (AvgIpc) is 2.98. The molecule has 0 spiro atoms. The Balaban J connectivity index is 1.27. The minimum atomic E-state index is -0.675. The van der Waals surface area contributed by atoms with Gasteiger partial charge in [-0.05, 0) is 23.6 Å². The van der Waals surface area contributed by atoms with E-state index in [0.29, 0.717) is 56.9 Å². The van der Waals surface area contributed by atoms with Crippen LogP contribution in [0.2, 0.25) is 0 Å². The number of hydrogen-bond donors (Lipinski definition) is 1. The van der Waals surface area contributed by atoms with Crippen molar-refractivity contribution in [2.75, 3.05) is 70.8 Å². The average molecular weight is 563 g/mol. The van der Waals surface area contributed by atoms with E-state index < -0.39 is 5.82 Å². The number of halogens is 1. The van der Waals surface area contributed by atoms with Crippen molar-refractivity contribution < 1.29 is 23.4 Å². The zero-order valence-corrected chi connectivity index (χ0v) is 23.4. The molecule has 0 radical (unpaired) electrons. The van der Waals surface area contributed by atoms with Crippen molar-refractivity contribution in [1.82, 2.24) is 14.9 Å². The smallest absolute Gasteiger partial charge is 0.228 e. The van der Waals surface area contributed by atoms with Crippen LogP contribution in [0.4, 0.5) is 16.2 Å². The summed E-state index contributed by atoms with van der Waals surface area (Å²) in [5.41, 5.74) is 7.66. The highest BCUT2D eigenvalue weighted by atomic mass is 19.1. The maximum Gasteiger partial charge on any atom is 0.228 e. The molecule has 3 aromatic rings. The van der Waals surface area contributed by atoms with E-state index in [2.05, 4.69) is 23.0 Å². The topological polar surface area (TPSA) is 141 Å². The first-order valence-corrected chi connectivity index (χ1v) is 13.4. The molecule has 2 saturated heterocycles. The standard InChI is InChI=1S/C29H33FN7O4/c1-29(16-41-17-29)15-33-21(19-6-4-18(14-31)5-7-19)13-23(38)36-8-10-37(11-9-36)28-34-25-20(27(32)35-28)12-22(39-2)26(40-3)24(25)30/h4-7,12,21H,8-11,13,15-17H2,1-3H3,(H2,32,34,35)/q-1. The summed E-state index contributed by atoms with van der Waals surface area (Å²) < 4.78 is 31.0. The number of nitrogens with two attached hydrogens (primary N) is 1. The predicted octanol–water partition coefficient (Wildman–Crippen LogP) is 3.43. The van der Waals surface area contributed by atoms with Gasteiger partial charge in [-0.15, -0.1) is 12.6 Å². The third kappa shape index (κ3) is 5.82. The number of aromatic nitrogens is 2. The van der Waals surface area contributed by atoms with Gasteiger partial charge < -0.3 is 35.1 Å². The Morgan fingerprint density at radius 2 is 1.90 bits per heavy atom. The van der Waals surface area contributed by atoms with Crippen molar-refractivity contribution in [2.24, 2.45) is 5.41 Å². The first-order valence-electron chi connectivity index (χ1n) is 13.4. The van der Waals surface area contributed by atoms with E-state index >= 15 is 4.39 Å². The third-order valence-electron chi connectivity index (χ3n) is 7.60. The summed E-state index contributed by atoms with van der Waals surface area (Å²) in [6.07, 6.45) is 0.217. The van der Waals surface area contributed by atoms with Gasteiger partial charge in [0.25, 0.3) is 0 Å². The maximum absolute atomic E-state index is 15.2. The van der Waals surface area contributed by atoms with Crippen LogP contribution in [-0.4, -0.2) is 80.9 Å². The number of nitrogens with zero attached hydrogens (tertiary/aromatic N) is 6. The molecule has 3 heterocycles. The molecule has 0 bridgehead atoms. The van der Waals surface area contributed by atoms with Crippen LogP contribution < -0.4 is 20.1 Å². The van der Waals surface area contributed by atoms with E-state index in [9.17, 15) is 4.79 Å². The second-order valence-corrected chi connectivity index (χ2v) is 10.7. The predicted molar refractivity (Wildman–Crippen MR) is 151 cm³/mol. The number of carbonyl (C=O) groups excluding carboxylic acids is 1. The summed E-state index contributed by atoms with van der Waals surface area (Å²) in [5, 5.41) is 14.4. The molecule has 1 aromatic heterocycles. The Kier molecular flexibility index (Phi) is 8.10. The number of piperazine rings is 1. The number of nitrogen functional groups attached to an aromatic ring is 1. The van der Waals surface area contributed by atoms with E-state index in [1.54, 1.807) is 23.1 Å². The number of nitriles is 1. The van der Waals surface area contributed by atoms with Gasteiger partial charge in [0.05, 0.1) is 39.1 Å². The summed E-state index contributed by atoms with van der Waals surface area (Å²) in [6.45, 7) is 5.82. The minimum Gasteiger partial charge on any atom is -0.655 e. The lowest BCUT2D eigenvalue weighted by Crippen LogP contribution is -2.49. The molecule has 41 heavy (non-hydrogen) atoms. The number of carbonyl (C=O) groups is 1. The maximum atomic E-state index is 15.2. The van der Waals surface area contributed by atoms with E-state index in [0.717, 1.165) is 5.56 Å². The molecule has 1 atom stereocenters. The molecule has 2 aliphatic heterocycles. The molecular weight excluding hydrogens is 529 g/mol. The number of methoxy groups -OCH3 is 2. The molecule has 2 aliphatic rings. The fourth-order valence-corrected chi connectivity index (χ4v) is 5.07. The summed E-state index contributed by atoms with van der Waals surface area (Å²) in [4.78, 5) is 25.9. The Bertz CT molecular complexity index is 1460. The van der Waals surface area contributed by atoms with Gasteiger partial charge in [-0.25, -0.2) is 9.37 Å². The first-order chi connectivity index (χ1) is 19.7. The summed E-state index contributed by atoms with van der Waals surface area (Å²) in [6, 6.07) is 10.6. The second kappa shape index (κ2) is 11.7. The van der Waals surface area contributed by atoms with Crippen molar-refractivity contribution >= 4 is 28.6 Å². The molecule has 12 heteroatoms. The van der Waals surface area contributed by atoms with Crippen molar-refractivity contribution in [2.45, 2.75) is 19.4 Å². The van der Waals surface area contributed by atoms with Crippen LogP contribution in [0.25, 0.3) is 16.2 Å². The molecule has 0 saturated carbocycles. The molecular formula is C29H33FN7O4-. The summed E-state index contributed by atoms with van der Waals surface area (Å²) in [7, 11) is 2.77. The number of benzene rings is 2. The molecule has 2 aromatic carbocycles. The highest BCUT2D eigenvalue weighted by molar-refractivity contribution is 5.92. The second-order valence-electron chi connectivity index (χ2n) is 10.7. The van der Waals surface area contributed by atoms with Crippen LogP contribution in [0.1, 0.15) is 30.5 Å². The van der Waals surface area contributed by atoms with E-state index in [-0.39, 0.29) is 52.6 Å². The quantitative estimate of drug-likeness (QED) is 0.415. The SMILES string of the molecule is COc1cc2c(N)nc(N3CCN(C(=O)CC([N-]CC4(C)COC4)c4ccc(C#N)cc4)CC3)nc2c(F)c1OC. The van der Waals surface area contributed by atoms with Crippen LogP contribution in [0.5, 0.6) is 11.5 Å². The molecule has 216 valence electrons. The van der Waals surface area contributed by atoms with Crippen molar-refractivity contribution in [3.63, 3.8) is 0 Å². The summed E-state index contributed by atoms with van der Waals surface area (Å²) in [5.74, 6) is -0.129. The molecule has 5 rings (SSSR count). The molecule has 0 aliphatic carbocycles. The van der Waals surface area contributed by atoms with Crippen LogP contribution >= 0.6 is 0 Å². The van der Waals surface area contributed by atoms with E-state index in [4.69, 9.17) is 30.5 Å². The van der Waals surface area contributed by atoms with E-state index in [1.165, 1.54) is 14.2 Å². The highest BCUT2D eigenvalue weighted by Gasteiger charge is 2.30. The van der Waals surface area contributed by atoms with Crippen LogP contribution in [0, 0.1) is 22.6 Å². The van der Waals surface area contributed by atoms with Crippen LogP contribution in [0.3, 0.4) is 0 Å². The van der Waals surface area contributed by atoms with Gasteiger partial charge >= 0.3 is 0 Å². The Hall–Kier alpha value is -4.21. The first kappa shape index (κ1) is 28.3. The minimum absolute atomic E-state index is 0.0143. The van der Waals surface area contributed by atoms with Crippen molar-refractivity contribution in [3.05, 3.63) is 52.6 Å². The largest absolute Gasteiger partial charge is 0.655 e. The van der Waals surface area contributed by atoms with Crippen LogP contribution in [-0.2, 0) is 9.53 Å². The number of ether oxygens (including phenoxy) is 3. The van der Waals surface area contributed by atoms with Gasteiger partial charge in [0.2, 0.25) is 11.9 Å². The summed E-state index contributed by atoms with van der Waals surface area (Å²) >= 11 is 0. The van der Waals surface area contributed by atoms with Gasteiger partial charge in [0.1, 0.15) is 11.3 Å². The monoisotopic (exact) mass is 562 g/mol. The lowest BCUT2D eigenvalue weighted by molar-refractivity contribution is -0.131. The normalized spacial score (nSPS) is 17.0. The zero-order chi connectivity index (χ0) is 29.1. The molecule has 2 fully saturated rings. The van der Waals surface area contributed by atoms with E-state index in [1.807, 2.05) is 17.0 Å². The Morgan fingerprint density at radius 3 is 2.49 bits per heavy atom. The number of anilines is 2. The molecule has 11 nitrogen and oxygen atoms in total. The fourth-order valence-electron chi connectivity index (χ4n) is 5.07. The Labute approximate surface area is 238 Å². The number of rotatable bonds is 9. The van der Waals surface area contributed by atoms with Gasteiger partial charge in [0.15, 0.2) is 17.3 Å². The van der Waals surface area contributed by atoms with Crippen molar-refractivity contribution in [1.29, 1.82) is 5.26 Å². The lowest BCUT2D eigenvalue weighted by atomic mass is 9.88. The number of amides is 1. The zero-order valence-electron chi connectivity index (χ0n) is 23.4. The molecule has 1 unspecified atom stereocenters. The number of fused-ring (bicyclic) bond motifs is 1. The highest BCUT2D eigenvalue weighted by Crippen LogP contribution is 2.38. The number of hydrogen-bond acceptors (Lipinski definition) is 9. The van der Waals surface area contributed by atoms with Crippen LogP contribution in [0.15, 0.2) is 30.3 Å². The van der Waals surface area contributed by atoms with Gasteiger partial charge in [0, 0.05) is 38.0 Å². The van der Waals surface area contributed by atoms with Crippen molar-refractivity contribution in [3.8, 4) is 17.6 Å². The van der Waals surface area contributed by atoms with Gasteiger partial charge in [-0.2, -0.15) is 10.2 Å². The Morgan fingerprint density at radius 1 is 1.20 bits per heavy atom. The van der Waals surface area contributed by atoms with Gasteiger partial charge in [-0.1, -0.05) is 24.6 Å². The fraction of sp³-hybridized carbons (Fsp3) is 0.448. The third-order valence-corrected chi connectivity index (χ3v) is 7.60. The molecule has 1 amide bonds. The lowest BCUT2D eigenvalue weighted by Gasteiger charge is -2.46. The molecule has 2 N–H and O–H groups in total.